The number of rotatable bonds is 0. The lowest BCUT2D eigenvalue weighted by atomic mass is 10.1. The molecule has 0 aromatic heterocycles. The summed E-state index contributed by atoms with van der Waals surface area (Å²) in [6.07, 6.45) is 7.83. The van der Waals surface area contributed by atoms with E-state index in [-0.39, 0.29) is 10.9 Å². The highest BCUT2D eigenvalue weighted by Crippen LogP contribution is 2.39. The van der Waals surface area contributed by atoms with Crippen molar-refractivity contribution in [2.75, 3.05) is 0 Å². The molecule has 0 unspecified atom stereocenters. The summed E-state index contributed by atoms with van der Waals surface area (Å²) in [6.45, 7) is 0. The summed E-state index contributed by atoms with van der Waals surface area (Å²) < 4.78 is 0. The van der Waals surface area contributed by atoms with Crippen LogP contribution in [0.3, 0.4) is 0 Å². The molecule has 82 valence electrons. The highest BCUT2D eigenvalue weighted by Gasteiger charge is 2.13. The summed E-state index contributed by atoms with van der Waals surface area (Å²) in [7, 11) is -0.216. The van der Waals surface area contributed by atoms with Crippen LogP contribution in [0.15, 0.2) is 52.2 Å². The Morgan fingerprint density at radius 2 is 1.81 bits per heavy atom. The first-order valence-electron chi connectivity index (χ1n) is 5.72. The van der Waals surface area contributed by atoms with Gasteiger partial charge in [-0.3, -0.25) is 0 Å². The second-order valence-corrected chi connectivity index (χ2v) is 6.03. The van der Waals surface area contributed by atoms with Crippen molar-refractivity contribution in [2.24, 2.45) is 4.99 Å². The van der Waals surface area contributed by atoms with Crippen molar-refractivity contribution in [1.29, 1.82) is 0 Å². The number of thiol groups is 1. The highest BCUT2D eigenvalue weighted by molar-refractivity contribution is 8.34. The molecule has 1 aromatic rings. The van der Waals surface area contributed by atoms with Gasteiger partial charge in [-0.1, -0.05) is 30.4 Å². The van der Waals surface area contributed by atoms with Crippen molar-refractivity contribution in [3.8, 4) is 0 Å². The van der Waals surface area contributed by atoms with Crippen LogP contribution in [0.5, 0.6) is 0 Å². The molecule has 16 heavy (non-hydrogen) atoms. The van der Waals surface area contributed by atoms with E-state index in [1.54, 1.807) is 0 Å². The zero-order valence-corrected chi connectivity index (χ0v) is 10.0. The Balaban J connectivity index is 1.99. The molecule has 0 spiro atoms. The molecule has 0 saturated heterocycles. The van der Waals surface area contributed by atoms with E-state index in [1.165, 1.54) is 29.1 Å². The van der Waals surface area contributed by atoms with Crippen molar-refractivity contribution >= 4 is 21.6 Å². The normalized spacial score (nSPS) is 20.5. The van der Waals surface area contributed by atoms with Crippen molar-refractivity contribution in [1.82, 2.24) is 0 Å². The molecule has 0 saturated carbocycles. The number of hydrogen-bond acceptors (Lipinski definition) is 1. The van der Waals surface area contributed by atoms with Crippen LogP contribution in [0.1, 0.15) is 18.4 Å². The smallest absolute Gasteiger partial charge is 0.0670 e. The zero-order chi connectivity index (χ0) is 10.8. The van der Waals surface area contributed by atoms with E-state index >= 15 is 0 Å². The monoisotopic (exact) mass is 229 g/mol. The fourth-order valence-electron chi connectivity index (χ4n) is 2.16. The van der Waals surface area contributed by atoms with Gasteiger partial charge in [0.1, 0.15) is 0 Å². The number of allylic oxidation sites excluding steroid dienone is 2. The molecule has 0 amide bonds. The average Bonchev–Trinajstić information content (AvgIpc) is 2.75. The van der Waals surface area contributed by atoms with Gasteiger partial charge in [-0.15, -0.1) is 0 Å². The van der Waals surface area contributed by atoms with E-state index in [0.717, 1.165) is 6.42 Å². The molecule has 0 aliphatic carbocycles. The maximum Gasteiger partial charge on any atom is 0.0670 e. The largest absolute Gasteiger partial charge is 0.247 e. The van der Waals surface area contributed by atoms with Crippen molar-refractivity contribution in [2.45, 2.75) is 19.3 Å². The summed E-state index contributed by atoms with van der Waals surface area (Å²) in [5.41, 5.74) is 2.59. The standard InChI is InChI=1S/C14H15NS/c1-2-8-13-12(6-1)7-5-9-14(15-13)16-10-3-4-11-16/h1-4,6,8,10-11,16H,5,7,9H2. The van der Waals surface area contributed by atoms with Crippen molar-refractivity contribution in [3.05, 3.63) is 52.8 Å². The predicted molar refractivity (Wildman–Crippen MR) is 73.7 cm³/mol. The first-order chi connectivity index (χ1) is 7.93. The van der Waals surface area contributed by atoms with Gasteiger partial charge in [-0.05, 0) is 41.7 Å². The molecule has 2 heterocycles. The second-order valence-electron chi connectivity index (χ2n) is 4.10. The Morgan fingerprint density at radius 1 is 1.00 bits per heavy atom. The van der Waals surface area contributed by atoms with Crippen LogP contribution in [0.2, 0.25) is 0 Å². The van der Waals surface area contributed by atoms with Gasteiger partial charge in [-0.2, -0.15) is 10.9 Å². The van der Waals surface area contributed by atoms with Crippen LogP contribution >= 0.6 is 10.9 Å². The van der Waals surface area contributed by atoms with Gasteiger partial charge in [0.15, 0.2) is 0 Å². The maximum atomic E-state index is 4.86. The lowest BCUT2D eigenvalue weighted by molar-refractivity contribution is 0.883. The number of fused-ring (bicyclic) bond motifs is 1. The van der Waals surface area contributed by atoms with E-state index in [1.807, 2.05) is 0 Å². The van der Waals surface area contributed by atoms with Crippen LogP contribution < -0.4 is 0 Å². The minimum absolute atomic E-state index is 0.216. The molecule has 0 radical (unpaired) electrons. The summed E-state index contributed by atoms with van der Waals surface area (Å²) in [4.78, 5) is 4.86. The minimum atomic E-state index is -0.216. The molecule has 2 aliphatic heterocycles. The number of benzene rings is 1. The molecule has 2 heteroatoms. The lowest BCUT2D eigenvalue weighted by Gasteiger charge is -2.12. The summed E-state index contributed by atoms with van der Waals surface area (Å²) in [5, 5.41) is 5.97. The lowest BCUT2D eigenvalue weighted by Crippen LogP contribution is -1.94. The van der Waals surface area contributed by atoms with Gasteiger partial charge in [0.25, 0.3) is 0 Å². The van der Waals surface area contributed by atoms with E-state index in [4.69, 9.17) is 4.99 Å². The molecule has 1 nitrogen and oxygen atoms in total. The Labute approximate surface area is 98.9 Å². The van der Waals surface area contributed by atoms with E-state index in [2.05, 4.69) is 47.2 Å². The average molecular weight is 229 g/mol. The fourth-order valence-corrected chi connectivity index (χ4v) is 3.81. The van der Waals surface area contributed by atoms with Gasteiger partial charge in [0.2, 0.25) is 0 Å². The zero-order valence-electron chi connectivity index (χ0n) is 9.13. The first-order valence-corrected chi connectivity index (χ1v) is 7.20. The van der Waals surface area contributed by atoms with Crippen LogP contribution in [0.4, 0.5) is 5.69 Å². The Hall–Kier alpha value is -1.28. The number of aliphatic imine (C=N–C) groups is 1. The number of aryl methyl sites for hydroxylation is 1. The van der Waals surface area contributed by atoms with E-state index < -0.39 is 0 Å². The molecule has 0 bridgehead atoms. The SMILES string of the molecule is C1=C[SH](C2=Nc3ccccc3CCC2)C=C1. The minimum Gasteiger partial charge on any atom is -0.247 e. The number of hydrogen-bond donors (Lipinski definition) is 1. The molecular formula is C14H15NS. The second kappa shape index (κ2) is 4.30. The Kier molecular flexibility index (Phi) is 2.66. The van der Waals surface area contributed by atoms with Gasteiger partial charge in [-0.25, -0.2) is 4.99 Å². The molecule has 0 fully saturated rings. The molecule has 0 atom stereocenters. The third-order valence-electron chi connectivity index (χ3n) is 2.99. The van der Waals surface area contributed by atoms with Gasteiger partial charge in [0.05, 0.1) is 10.7 Å². The van der Waals surface area contributed by atoms with Crippen LogP contribution in [0, 0.1) is 0 Å². The van der Waals surface area contributed by atoms with Crippen LogP contribution in [-0.4, -0.2) is 5.04 Å². The fraction of sp³-hybridized carbons (Fsp3) is 0.214. The highest BCUT2D eigenvalue weighted by atomic mass is 32.2. The Bertz CT molecular complexity index is 473. The summed E-state index contributed by atoms with van der Waals surface area (Å²) >= 11 is 0. The van der Waals surface area contributed by atoms with Crippen molar-refractivity contribution < 1.29 is 0 Å². The summed E-state index contributed by atoms with van der Waals surface area (Å²) in [6, 6.07) is 8.54. The third-order valence-corrected chi connectivity index (χ3v) is 4.90. The van der Waals surface area contributed by atoms with Crippen LogP contribution in [-0.2, 0) is 6.42 Å². The third kappa shape index (κ3) is 1.85. The summed E-state index contributed by atoms with van der Waals surface area (Å²) in [5.74, 6) is 0. The molecular weight excluding hydrogens is 214 g/mol. The predicted octanol–water partition coefficient (Wildman–Crippen LogP) is 4.10. The van der Waals surface area contributed by atoms with Gasteiger partial charge < -0.3 is 0 Å². The van der Waals surface area contributed by atoms with Gasteiger partial charge >= 0.3 is 0 Å². The number of nitrogens with zero attached hydrogens (tertiary/aromatic N) is 1. The van der Waals surface area contributed by atoms with Crippen LogP contribution in [0.25, 0.3) is 0 Å². The molecule has 1 aromatic carbocycles. The van der Waals surface area contributed by atoms with Crippen molar-refractivity contribution in [3.63, 3.8) is 0 Å². The molecule has 3 rings (SSSR count). The molecule has 0 N–H and O–H groups in total. The molecule has 2 aliphatic rings. The quantitative estimate of drug-likeness (QED) is 0.643. The van der Waals surface area contributed by atoms with Gasteiger partial charge in [0, 0.05) is 0 Å². The first kappa shape index (κ1) is 9.91. The topological polar surface area (TPSA) is 12.4 Å². The Morgan fingerprint density at radius 3 is 2.69 bits per heavy atom. The maximum absolute atomic E-state index is 4.86. The van der Waals surface area contributed by atoms with E-state index in [9.17, 15) is 0 Å². The number of para-hydroxylation sites is 1. The van der Waals surface area contributed by atoms with E-state index in [0.29, 0.717) is 0 Å².